The Kier molecular flexibility index (Phi) is 2.28. The van der Waals surface area contributed by atoms with E-state index in [4.69, 9.17) is 0 Å². The van der Waals surface area contributed by atoms with E-state index in [1.54, 1.807) is 0 Å². The Hall–Kier alpha value is -1.64. The van der Waals surface area contributed by atoms with Crippen LogP contribution in [0.4, 0.5) is 0 Å². The minimum absolute atomic E-state index is 0.279. The van der Waals surface area contributed by atoms with Crippen molar-refractivity contribution in [3.05, 3.63) is 29.6 Å². The Morgan fingerprint density at radius 3 is 2.88 bits per heavy atom. The number of hydrogen-bond donors (Lipinski definition) is 0. The molecule has 1 aromatic carbocycles. The van der Waals surface area contributed by atoms with Crippen LogP contribution >= 0.6 is 0 Å². The van der Waals surface area contributed by atoms with Gasteiger partial charge in [0.2, 0.25) is 0 Å². The molecule has 17 heavy (non-hydrogen) atoms. The number of hydrogen-bond acceptors (Lipinski definition) is 2. The molecule has 0 aliphatic heterocycles. The summed E-state index contributed by atoms with van der Waals surface area (Å²) in [4.78, 5) is 16.5. The van der Waals surface area contributed by atoms with Crippen molar-refractivity contribution in [3.63, 3.8) is 0 Å². The molecule has 0 saturated heterocycles. The molecule has 3 nitrogen and oxygen atoms in total. The summed E-state index contributed by atoms with van der Waals surface area (Å²) in [5, 5.41) is 0. The van der Waals surface area contributed by atoms with Gasteiger partial charge in [-0.2, -0.15) is 0 Å². The summed E-state index contributed by atoms with van der Waals surface area (Å²) in [5.41, 5.74) is 2.88. The second-order valence-corrected chi connectivity index (χ2v) is 4.75. The van der Waals surface area contributed by atoms with Crippen molar-refractivity contribution < 1.29 is 4.79 Å². The van der Waals surface area contributed by atoms with E-state index in [0.29, 0.717) is 0 Å². The number of aromatic nitrogens is 2. The van der Waals surface area contributed by atoms with Crippen molar-refractivity contribution in [3.8, 4) is 0 Å². The molecule has 3 heteroatoms. The zero-order chi connectivity index (χ0) is 12.0. The summed E-state index contributed by atoms with van der Waals surface area (Å²) in [7, 11) is 0. The van der Waals surface area contributed by atoms with E-state index < -0.39 is 0 Å². The number of carbonyl (C=O) groups excluding carboxylic acids is 1. The summed E-state index contributed by atoms with van der Waals surface area (Å²) < 4.78 is 2.17. The highest BCUT2D eigenvalue weighted by Gasteiger charge is 2.30. The number of aryl methyl sites for hydroxylation is 2. The van der Waals surface area contributed by atoms with Crippen molar-refractivity contribution in [1.29, 1.82) is 0 Å². The molecular formula is C14H16N2O. The lowest BCUT2D eigenvalue weighted by Crippen LogP contribution is -2.01. The maximum atomic E-state index is 12.0. The van der Waals surface area contributed by atoms with E-state index in [1.165, 1.54) is 0 Å². The minimum Gasteiger partial charge on any atom is -0.329 e. The van der Waals surface area contributed by atoms with Gasteiger partial charge in [-0.1, -0.05) is 0 Å². The van der Waals surface area contributed by atoms with Gasteiger partial charge >= 0.3 is 0 Å². The number of rotatable bonds is 3. The first-order valence-electron chi connectivity index (χ1n) is 6.22. The first-order chi connectivity index (χ1) is 8.20. The van der Waals surface area contributed by atoms with Crippen LogP contribution in [0.5, 0.6) is 0 Å². The van der Waals surface area contributed by atoms with Crippen LogP contribution in [-0.2, 0) is 6.54 Å². The number of Topliss-reactive ketones (excluding diaryl/α,β-unsaturated/α-hetero) is 1. The normalized spacial score (nSPS) is 15.4. The Morgan fingerprint density at radius 1 is 1.47 bits per heavy atom. The van der Waals surface area contributed by atoms with Gasteiger partial charge in [-0.25, -0.2) is 4.98 Å². The number of benzene rings is 1. The molecule has 0 radical (unpaired) electrons. The van der Waals surface area contributed by atoms with Crippen LogP contribution in [-0.4, -0.2) is 15.3 Å². The monoisotopic (exact) mass is 228 g/mol. The van der Waals surface area contributed by atoms with Crippen molar-refractivity contribution in [2.45, 2.75) is 33.2 Å². The van der Waals surface area contributed by atoms with E-state index in [2.05, 4.69) is 16.5 Å². The van der Waals surface area contributed by atoms with E-state index >= 15 is 0 Å². The second kappa shape index (κ2) is 3.69. The molecule has 1 aliphatic carbocycles. The summed E-state index contributed by atoms with van der Waals surface area (Å²) in [5.74, 6) is 1.58. The zero-order valence-electron chi connectivity index (χ0n) is 10.2. The molecule has 1 aliphatic rings. The molecule has 0 unspecified atom stereocenters. The molecule has 0 amide bonds. The van der Waals surface area contributed by atoms with Gasteiger partial charge in [0.25, 0.3) is 0 Å². The lowest BCUT2D eigenvalue weighted by Gasteiger charge is -2.02. The van der Waals surface area contributed by atoms with Gasteiger partial charge in [0.1, 0.15) is 5.82 Å². The van der Waals surface area contributed by atoms with Gasteiger partial charge in [0.15, 0.2) is 5.78 Å². The first kappa shape index (κ1) is 10.5. The third-order valence-electron chi connectivity index (χ3n) is 3.49. The summed E-state index contributed by atoms with van der Waals surface area (Å²) in [6.45, 7) is 5.03. The largest absolute Gasteiger partial charge is 0.329 e. The Morgan fingerprint density at radius 2 is 2.24 bits per heavy atom. The maximum Gasteiger partial charge on any atom is 0.166 e. The van der Waals surface area contributed by atoms with Crippen LogP contribution in [0.15, 0.2) is 18.2 Å². The average molecular weight is 228 g/mol. The minimum atomic E-state index is 0.279. The van der Waals surface area contributed by atoms with Crippen molar-refractivity contribution in [2.75, 3.05) is 0 Å². The summed E-state index contributed by atoms with van der Waals surface area (Å²) in [6.07, 6.45) is 2.11. The fourth-order valence-corrected chi connectivity index (χ4v) is 2.38. The third-order valence-corrected chi connectivity index (χ3v) is 3.49. The number of nitrogens with zero attached hydrogens (tertiary/aromatic N) is 2. The molecule has 0 atom stereocenters. The molecule has 3 rings (SSSR count). The molecule has 0 N–H and O–H groups in total. The van der Waals surface area contributed by atoms with Crippen LogP contribution < -0.4 is 0 Å². The Balaban J connectivity index is 2.10. The van der Waals surface area contributed by atoms with Crippen LogP contribution in [0.25, 0.3) is 11.0 Å². The molecule has 88 valence electrons. The van der Waals surface area contributed by atoms with Gasteiger partial charge in [0.05, 0.1) is 11.0 Å². The Bertz CT molecular complexity index is 594. The zero-order valence-corrected chi connectivity index (χ0v) is 10.2. The fraction of sp³-hybridized carbons (Fsp3) is 0.429. The summed E-state index contributed by atoms with van der Waals surface area (Å²) >= 11 is 0. The molecule has 0 bridgehead atoms. The fourth-order valence-electron chi connectivity index (χ4n) is 2.38. The molecule has 1 heterocycles. The van der Waals surface area contributed by atoms with Gasteiger partial charge in [-0.05, 0) is 44.9 Å². The molecular weight excluding hydrogens is 212 g/mol. The van der Waals surface area contributed by atoms with Crippen molar-refractivity contribution in [2.24, 2.45) is 5.92 Å². The molecule has 1 fully saturated rings. The Labute approximate surface area is 100 Å². The van der Waals surface area contributed by atoms with E-state index in [0.717, 1.165) is 41.8 Å². The van der Waals surface area contributed by atoms with E-state index in [-0.39, 0.29) is 11.7 Å². The molecule has 1 saturated carbocycles. The lowest BCUT2D eigenvalue weighted by atomic mass is 10.1. The predicted octanol–water partition coefficient (Wildman–Crippen LogP) is 2.96. The quantitative estimate of drug-likeness (QED) is 0.757. The second-order valence-electron chi connectivity index (χ2n) is 4.75. The molecule has 0 spiro atoms. The third kappa shape index (κ3) is 1.66. The van der Waals surface area contributed by atoms with Crippen molar-refractivity contribution in [1.82, 2.24) is 9.55 Å². The van der Waals surface area contributed by atoms with E-state index in [1.807, 2.05) is 25.1 Å². The number of imidazole rings is 1. The van der Waals surface area contributed by atoms with E-state index in [9.17, 15) is 4.79 Å². The van der Waals surface area contributed by atoms with Gasteiger partial charge in [0, 0.05) is 18.0 Å². The highest BCUT2D eigenvalue weighted by Crippen LogP contribution is 2.33. The lowest BCUT2D eigenvalue weighted by molar-refractivity contribution is 0.0968. The average Bonchev–Trinajstić information content (AvgIpc) is 3.10. The van der Waals surface area contributed by atoms with Crippen molar-refractivity contribution >= 4 is 16.8 Å². The molecule has 1 aromatic heterocycles. The van der Waals surface area contributed by atoms with Gasteiger partial charge < -0.3 is 4.57 Å². The van der Waals surface area contributed by atoms with Crippen LogP contribution in [0.3, 0.4) is 0 Å². The van der Waals surface area contributed by atoms with Gasteiger partial charge in [-0.3, -0.25) is 4.79 Å². The number of carbonyl (C=O) groups is 1. The first-order valence-corrected chi connectivity index (χ1v) is 6.22. The van der Waals surface area contributed by atoms with Crippen LogP contribution in [0, 0.1) is 12.8 Å². The number of fused-ring (bicyclic) bond motifs is 1. The predicted molar refractivity (Wildman–Crippen MR) is 67.2 cm³/mol. The standard InChI is InChI=1S/C14H16N2O/c1-3-16-9(2)15-12-8-11(6-7-13(12)16)14(17)10-4-5-10/h6-8,10H,3-5H2,1-2H3. The van der Waals surface area contributed by atoms with Crippen LogP contribution in [0.1, 0.15) is 35.9 Å². The smallest absolute Gasteiger partial charge is 0.166 e. The van der Waals surface area contributed by atoms with Crippen LogP contribution in [0.2, 0.25) is 0 Å². The summed E-state index contributed by atoms with van der Waals surface area (Å²) in [6, 6.07) is 5.90. The maximum absolute atomic E-state index is 12.0. The molecule has 2 aromatic rings. The highest BCUT2D eigenvalue weighted by atomic mass is 16.1. The topological polar surface area (TPSA) is 34.9 Å². The SMILES string of the molecule is CCn1c(C)nc2cc(C(=O)C3CC3)ccc21. The van der Waals surface area contributed by atoms with Gasteiger partial charge in [-0.15, -0.1) is 0 Å². The highest BCUT2D eigenvalue weighted by molar-refractivity contribution is 6.01. The number of ketones is 1.